The Morgan fingerprint density at radius 2 is 1.79 bits per heavy atom. The molecule has 11 heteroatoms. The van der Waals surface area contributed by atoms with Crippen LogP contribution in [0.5, 0.6) is 0 Å². The van der Waals surface area contributed by atoms with E-state index >= 15 is 0 Å². The molecule has 0 aromatic heterocycles. The Hall–Kier alpha value is -3.31. The highest BCUT2D eigenvalue weighted by molar-refractivity contribution is 7.89. The third kappa shape index (κ3) is 5.37. The maximum absolute atomic E-state index is 13.6. The predicted octanol–water partition coefficient (Wildman–Crippen LogP) is 1.02. The van der Waals surface area contributed by atoms with Crippen LogP contribution in [0.15, 0.2) is 59.5 Å². The molecule has 0 bridgehead atoms. The monoisotopic (exact) mass is 477 g/mol. The van der Waals surface area contributed by atoms with Crippen molar-refractivity contribution in [2.24, 2.45) is 0 Å². The van der Waals surface area contributed by atoms with Crippen molar-refractivity contribution < 1.29 is 31.9 Å². The van der Waals surface area contributed by atoms with Gasteiger partial charge < -0.3 is 15.0 Å². The lowest BCUT2D eigenvalue weighted by Gasteiger charge is -2.39. The van der Waals surface area contributed by atoms with Gasteiger partial charge in [0, 0.05) is 25.2 Å². The summed E-state index contributed by atoms with van der Waals surface area (Å²) in [4.78, 5) is 39.0. The number of carbonyl (C=O) groups excluding carboxylic acids is 3. The standard InChI is InChI=1S/C22H24FN3O6S/c1-15(22(29)32-2)24-20(27)19-14-25(21(28)16-7-6-8-17(23)13-16)11-12-26(19)33(30,31)18-9-4-3-5-10-18/h3-10,13,15,19H,11-12,14H2,1-2H3,(H,24,27)/t15-,19-/m1/s1. The fraction of sp³-hybridized carbons (Fsp3) is 0.318. The number of amides is 2. The Balaban J connectivity index is 1.91. The van der Waals surface area contributed by atoms with E-state index < -0.39 is 45.7 Å². The molecule has 1 fully saturated rings. The first-order valence-electron chi connectivity index (χ1n) is 10.1. The van der Waals surface area contributed by atoms with Crippen LogP contribution in [-0.2, 0) is 24.3 Å². The molecule has 0 aliphatic carbocycles. The number of piperazine rings is 1. The van der Waals surface area contributed by atoms with Crippen LogP contribution in [0.2, 0.25) is 0 Å². The molecule has 1 saturated heterocycles. The second-order valence-corrected chi connectivity index (χ2v) is 9.35. The molecule has 176 valence electrons. The van der Waals surface area contributed by atoms with Gasteiger partial charge in [-0.3, -0.25) is 9.59 Å². The van der Waals surface area contributed by atoms with E-state index in [9.17, 15) is 27.2 Å². The molecule has 1 heterocycles. The quantitative estimate of drug-likeness (QED) is 0.622. The zero-order valence-electron chi connectivity index (χ0n) is 18.1. The molecule has 1 aliphatic rings. The number of halogens is 1. The van der Waals surface area contributed by atoms with Gasteiger partial charge in [0.2, 0.25) is 15.9 Å². The SMILES string of the molecule is COC(=O)[C@@H](C)NC(=O)[C@H]1CN(C(=O)c2cccc(F)c2)CCN1S(=O)(=O)c1ccccc1. The number of nitrogens with one attached hydrogen (secondary N) is 1. The molecule has 3 rings (SSSR count). The molecule has 2 aromatic rings. The van der Waals surface area contributed by atoms with Crippen LogP contribution in [0.25, 0.3) is 0 Å². The molecule has 2 aromatic carbocycles. The Kier molecular flexibility index (Phi) is 7.44. The highest BCUT2D eigenvalue weighted by Crippen LogP contribution is 2.23. The van der Waals surface area contributed by atoms with E-state index in [1.54, 1.807) is 18.2 Å². The lowest BCUT2D eigenvalue weighted by Crippen LogP contribution is -2.62. The molecule has 2 amide bonds. The summed E-state index contributed by atoms with van der Waals surface area (Å²) in [5, 5.41) is 2.44. The lowest BCUT2D eigenvalue weighted by molar-refractivity contribution is -0.145. The smallest absolute Gasteiger partial charge is 0.328 e. The van der Waals surface area contributed by atoms with Crippen molar-refractivity contribution in [1.29, 1.82) is 0 Å². The number of benzene rings is 2. The maximum atomic E-state index is 13.6. The third-order valence-corrected chi connectivity index (χ3v) is 7.18. The second-order valence-electron chi connectivity index (χ2n) is 7.46. The predicted molar refractivity (Wildman–Crippen MR) is 116 cm³/mol. The van der Waals surface area contributed by atoms with Crippen LogP contribution in [0.4, 0.5) is 4.39 Å². The van der Waals surface area contributed by atoms with Crippen LogP contribution >= 0.6 is 0 Å². The number of carbonyl (C=O) groups is 3. The Labute approximate surface area is 191 Å². The van der Waals surface area contributed by atoms with Crippen LogP contribution < -0.4 is 5.32 Å². The van der Waals surface area contributed by atoms with Gasteiger partial charge in [-0.05, 0) is 37.3 Å². The minimum atomic E-state index is -4.08. The average molecular weight is 478 g/mol. The van der Waals surface area contributed by atoms with E-state index in [0.717, 1.165) is 17.5 Å². The fourth-order valence-corrected chi connectivity index (χ4v) is 5.12. The van der Waals surface area contributed by atoms with Crippen LogP contribution in [0.1, 0.15) is 17.3 Å². The minimum Gasteiger partial charge on any atom is -0.467 e. The van der Waals surface area contributed by atoms with Crippen molar-refractivity contribution >= 4 is 27.8 Å². The fourth-order valence-electron chi connectivity index (χ4n) is 3.53. The Morgan fingerprint density at radius 3 is 2.42 bits per heavy atom. The van der Waals surface area contributed by atoms with Gasteiger partial charge in [-0.1, -0.05) is 24.3 Å². The summed E-state index contributed by atoms with van der Waals surface area (Å²) in [6.45, 7) is 0.958. The summed E-state index contributed by atoms with van der Waals surface area (Å²) in [5.74, 6) is -2.59. The largest absolute Gasteiger partial charge is 0.467 e. The summed E-state index contributed by atoms with van der Waals surface area (Å²) in [6.07, 6.45) is 0. The summed E-state index contributed by atoms with van der Waals surface area (Å²) in [5.41, 5.74) is 0.0800. The van der Waals surface area contributed by atoms with Gasteiger partial charge in [0.25, 0.3) is 5.91 Å². The third-order valence-electron chi connectivity index (χ3n) is 5.26. The van der Waals surface area contributed by atoms with Gasteiger partial charge in [-0.25, -0.2) is 17.6 Å². The molecule has 2 atom stereocenters. The molecule has 9 nitrogen and oxygen atoms in total. The zero-order valence-corrected chi connectivity index (χ0v) is 18.9. The van der Waals surface area contributed by atoms with Crippen molar-refractivity contribution in [3.05, 3.63) is 66.0 Å². The molecule has 1 N–H and O–H groups in total. The van der Waals surface area contributed by atoms with E-state index in [1.165, 1.54) is 42.2 Å². The Bertz CT molecular complexity index is 1140. The van der Waals surface area contributed by atoms with Gasteiger partial charge in [-0.2, -0.15) is 4.31 Å². The average Bonchev–Trinajstić information content (AvgIpc) is 2.83. The van der Waals surface area contributed by atoms with E-state index in [1.807, 2.05) is 0 Å². The summed E-state index contributed by atoms with van der Waals surface area (Å²) in [6, 6.07) is 10.4. The number of hydrogen-bond acceptors (Lipinski definition) is 6. The maximum Gasteiger partial charge on any atom is 0.328 e. The molecular weight excluding hydrogens is 453 g/mol. The zero-order chi connectivity index (χ0) is 24.2. The highest BCUT2D eigenvalue weighted by atomic mass is 32.2. The van der Waals surface area contributed by atoms with E-state index in [-0.39, 0.29) is 30.1 Å². The summed E-state index contributed by atoms with van der Waals surface area (Å²) < 4.78 is 45.8. The van der Waals surface area contributed by atoms with Gasteiger partial charge in [0.1, 0.15) is 17.9 Å². The van der Waals surface area contributed by atoms with Gasteiger partial charge >= 0.3 is 5.97 Å². The van der Waals surface area contributed by atoms with Crippen LogP contribution in [0, 0.1) is 5.82 Å². The molecule has 0 radical (unpaired) electrons. The number of nitrogens with zero attached hydrogens (tertiary/aromatic N) is 2. The van der Waals surface area contributed by atoms with Crippen molar-refractivity contribution in [3.8, 4) is 0 Å². The van der Waals surface area contributed by atoms with Crippen molar-refractivity contribution in [1.82, 2.24) is 14.5 Å². The Morgan fingerprint density at radius 1 is 1.09 bits per heavy atom. The number of ether oxygens (including phenoxy) is 1. The van der Waals surface area contributed by atoms with Crippen molar-refractivity contribution in [3.63, 3.8) is 0 Å². The normalized spacial score (nSPS) is 17.8. The molecule has 33 heavy (non-hydrogen) atoms. The molecule has 0 spiro atoms. The topological polar surface area (TPSA) is 113 Å². The van der Waals surface area contributed by atoms with E-state index in [2.05, 4.69) is 10.1 Å². The molecule has 0 unspecified atom stereocenters. The van der Waals surface area contributed by atoms with Crippen molar-refractivity contribution in [2.75, 3.05) is 26.7 Å². The number of sulfonamides is 1. The minimum absolute atomic E-state index is 0.00224. The van der Waals surface area contributed by atoms with Gasteiger partial charge in [-0.15, -0.1) is 0 Å². The number of hydrogen-bond donors (Lipinski definition) is 1. The number of esters is 1. The van der Waals surface area contributed by atoms with Gasteiger partial charge in [0.05, 0.1) is 12.0 Å². The van der Waals surface area contributed by atoms with Crippen LogP contribution in [-0.4, -0.2) is 74.2 Å². The molecular formula is C22H24FN3O6S. The first-order chi connectivity index (χ1) is 15.6. The number of rotatable bonds is 6. The summed E-state index contributed by atoms with van der Waals surface area (Å²) in [7, 11) is -2.92. The van der Waals surface area contributed by atoms with Gasteiger partial charge in [0.15, 0.2) is 0 Å². The van der Waals surface area contributed by atoms with Crippen molar-refractivity contribution in [2.45, 2.75) is 23.9 Å². The second kappa shape index (κ2) is 10.1. The highest BCUT2D eigenvalue weighted by Gasteiger charge is 2.42. The lowest BCUT2D eigenvalue weighted by atomic mass is 10.1. The first kappa shape index (κ1) is 24.3. The molecule has 0 saturated carbocycles. The first-order valence-corrected chi connectivity index (χ1v) is 11.6. The van der Waals surface area contributed by atoms with Crippen LogP contribution in [0.3, 0.4) is 0 Å². The number of methoxy groups -OCH3 is 1. The van der Waals surface area contributed by atoms with E-state index in [0.29, 0.717) is 0 Å². The summed E-state index contributed by atoms with van der Waals surface area (Å²) >= 11 is 0. The molecule has 1 aliphatic heterocycles. The van der Waals surface area contributed by atoms with E-state index in [4.69, 9.17) is 0 Å².